The number of para-hydroxylation sites is 1. The van der Waals surface area contributed by atoms with Crippen molar-refractivity contribution in [2.75, 3.05) is 19.0 Å². The van der Waals surface area contributed by atoms with Crippen LogP contribution in [0.3, 0.4) is 0 Å². The van der Waals surface area contributed by atoms with Crippen LogP contribution in [0.1, 0.15) is 19.3 Å². The third-order valence-corrected chi connectivity index (χ3v) is 3.77. The van der Waals surface area contributed by atoms with Gasteiger partial charge in [-0.15, -0.1) is 0 Å². The van der Waals surface area contributed by atoms with Crippen molar-refractivity contribution in [2.45, 2.75) is 37.5 Å². The van der Waals surface area contributed by atoms with Gasteiger partial charge in [-0.3, -0.25) is 4.79 Å². The summed E-state index contributed by atoms with van der Waals surface area (Å²) in [5, 5.41) is 15.0. The first-order valence-corrected chi connectivity index (χ1v) is 7.58. The van der Waals surface area contributed by atoms with Gasteiger partial charge in [-0.05, 0) is 25.0 Å². The summed E-state index contributed by atoms with van der Waals surface area (Å²) in [5.74, 6) is -0.347. The SMILES string of the molecule is COC(=O)C[C@H]1CC[C@H](NC(=O)Nc2ccccc2)[C@@H](CO)O1. The minimum absolute atomic E-state index is 0.149. The Kier molecular flexibility index (Phi) is 6.37. The molecule has 0 radical (unpaired) electrons. The van der Waals surface area contributed by atoms with Crippen molar-refractivity contribution >= 4 is 17.7 Å². The molecular formula is C16H22N2O5. The Morgan fingerprint density at radius 1 is 1.30 bits per heavy atom. The van der Waals surface area contributed by atoms with Crippen LogP contribution in [0.15, 0.2) is 30.3 Å². The monoisotopic (exact) mass is 322 g/mol. The predicted molar refractivity (Wildman–Crippen MR) is 84.0 cm³/mol. The summed E-state index contributed by atoms with van der Waals surface area (Å²) in [5.41, 5.74) is 0.686. The van der Waals surface area contributed by atoms with E-state index in [1.165, 1.54) is 7.11 Å². The van der Waals surface area contributed by atoms with E-state index < -0.39 is 6.10 Å². The van der Waals surface area contributed by atoms with E-state index in [1.807, 2.05) is 18.2 Å². The van der Waals surface area contributed by atoms with E-state index in [0.29, 0.717) is 18.5 Å². The van der Waals surface area contributed by atoms with Crippen molar-refractivity contribution in [1.82, 2.24) is 5.32 Å². The average Bonchev–Trinajstić information content (AvgIpc) is 2.56. The zero-order chi connectivity index (χ0) is 16.7. The molecule has 0 saturated carbocycles. The Balaban J connectivity index is 1.85. The lowest BCUT2D eigenvalue weighted by atomic mass is 9.97. The van der Waals surface area contributed by atoms with E-state index in [2.05, 4.69) is 15.4 Å². The summed E-state index contributed by atoms with van der Waals surface area (Å²) in [6, 6.07) is 8.42. The van der Waals surface area contributed by atoms with Crippen LogP contribution in [-0.2, 0) is 14.3 Å². The van der Waals surface area contributed by atoms with Gasteiger partial charge in [0.1, 0.15) is 6.10 Å². The van der Waals surface area contributed by atoms with Crippen LogP contribution in [-0.4, -0.2) is 49.1 Å². The first kappa shape index (κ1) is 17.2. The number of carbonyl (C=O) groups excluding carboxylic acids is 2. The van der Waals surface area contributed by atoms with Crippen molar-refractivity contribution < 1.29 is 24.2 Å². The molecule has 2 rings (SSSR count). The molecule has 7 nitrogen and oxygen atoms in total. The smallest absolute Gasteiger partial charge is 0.319 e. The fraction of sp³-hybridized carbons (Fsp3) is 0.500. The molecule has 0 aromatic heterocycles. The molecule has 1 aromatic carbocycles. The molecule has 0 bridgehead atoms. The molecule has 3 atom stereocenters. The van der Waals surface area contributed by atoms with Crippen molar-refractivity contribution in [3.63, 3.8) is 0 Å². The lowest BCUT2D eigenvalue weighted by Crippen LogP contribution is -2.52. The van der Waals surface area contributed by atoms with Crippen LogP contribution in [0, 0.1) is 0 Å². The Hall–Kier alpha value is -2.12. The third kappa shape index (κ3) is 5.22. The number of aliphatic hydroxyl groups excluding tert-OH is 1. The molecule has 1 aliphatic rings. The number of benzene rings is 1. The molecule has 7 heteroatoms. The van der Waals surface area contributed by atoms with Gasteiger partial charge in [0.25, 0.3) is 0 Å². The largest absolute Gasteiger partial charge is 0.469 e. The molecule has 0 unspecified atom stereocenters. The van der Waals surface area contributed by atoms with Gasteiger partial charge in [0.05, 0.1) is 32.3 Å². The second-order valence-electron chi connectivity index (χ2n) is 5.41. The minimum atomic E-state index is -0.542. The van der Waals surface area contributed by atoms with E-state index in [-0.39, 0.29) is 37.2 Å². The summed E-state index contributed by atoms with van der Waals surface area (Å²) < 4.78 is 10.3. The van der Waals surface area contributed by atoms with Gasteiger partial charge >= 0.3 is 12.0 Å². The molecule has 1 fully saturated rings. The molecule has 3 N–H and O–H groups in total. The Morgan fingerprint density at radius 2 is 2.04 bits per heavy atom. The summed E-state index contributed by atoms with van der Waals surface area (Å²) in [7, 11) is 1.33. The van der Waals surface area contributed by atoms with Crippen LogP contribution in [0.25, 0.3) is 0 Å². The van der Waals surface area contributed by atoms with E-state index in [1.54, 1.807) is 12.1 Å². The number of esters is 1. The Labute approximate surface area is 135 Å². The van der Waals surface area contributed by atoms with Crippen LogP contribution in [0.2, 0.25) is 0 Å². The normalized spacial score (nSPS) is 23.8. The van der Waals surface area contributed by atoms with E-state index in [0.717, 1.165) is 0 Å². The van der Waals surface area contributed by atoms with Gasteiger partial charge in [-0.2, -0.15) is 0 Å². The quantitative estimate of drug-likeness (QED) is 0.710. The fourth-order valence-electron chi connectivity index (χ4n) is 2.57. The van der Waals surface area contributed by atoms with Crippen LogP contribution in [0.5, 0.6) is 0 Å². The molecule has 1 saturated heterocycles. The highest BCUT2D eigenvalue weighted by Gasteiger charge is 2.33. The standard InChI is InChI=1S/C16H22N2O5/c1-22-15(20)9-12-7-8-13(14(10-19)23-12)18-16(21)17-11-5-3-2-4-6-11/h2-6,12-14,19H,7-10H2,1H3,(H2,17,18,21)/t12-,13+,14-/m1/s1. The molecule has 2 amide bonds. The highest BCUT2D eigenvalue weighted by atomic mass is 16.5. The van der Waals surface area contributed by atoms with Crippen molar-refractivity contribution in [2.24, 2.45) is 0 Å². The molecule has 0 aliphatic carbocycles. The molecular weight excluding hydrogens is 300 g/mol. The molecule has 1 heterocycles. The first-order valence-electron chi connectivity index (χ1n) is 7.58. The fourth-order valence-corrected chi connectivity index (χ4v) is 2.57. The van der Waals surface area contributed by atoms with Crippen LogP contribution >= 0.6 is 0 Å². The number of carbonyl (C=O) groups is 2. The van der Waals surface area contributed by atoms with Gasteiger partial charge in [0.2, 0.25) is 0 Å². The minimum Gasteiger partial charge on any atom is -0.469 e. The number of methoxy groups -OCH3 is 1. The highest BCUT2D eigenvalue weighted by Crippen LogP contribution is 2.22. The molecule has 126 valence electrons. The topological polar surface area (TPSA) is 96.9 Å². The van der Waals surface area contributed by atoms with Crippen molar-refractivity contribution in [3.8, 4) is 0 Å². The number of hydrogen-bond acceptors (Lipinski definition) is 5. The number of ether oxygens (including phenoxy) is 2. The zero-order valence-corrected chi connectivity index (χ0v) is 13.0. The third-order valence-electron chi connectivity index (χ3n) is 3.77. The second-order valence-corrected chi connectivity index (χ2v) is 5.41. The van der Waals surface area contributed by atoms with E-state index in [4.69, 9.17) is 4.74 Å². The average molecular weight is 322 g/mol. The van der Waals surface area contributed by atoms with Crippen LogP contribution in [0.4, 0.5) is 10.5 Å². The second kappa shape index (κ2) is 8.50. The summed E-state index contributed by atoms with van der Waals surface area (Å²) >= 11 is 0. The number of aliphatic hydroxyl groups is 1. The van der Waals surface area contributed by atoms with E-state index in [9.17, 15) is 14.7 Å². The number of rotatable bonds is 5. The maximum atomic E-state index is 12.0. The predicted octanol–water partition coefficient (Wildman–Crippen LogP) is 1.28. The maximum absolute atomic E-state index is 12.0. The zero-order valence-electron chi connectivity index (χ0n) is 13.0. The molecule has 1 aliphatic heterocycles. The molecule has 23 heavy (non-hydrogen) atoms. The summed E-state index contributed by atoms with van der Waals surface area (Å²) in [4.78, 5) is 23.3. The maximum Gasteiger partial charge on any atom is 0.319 e. The number of anilines is 1. The number of nitrogens with one attached hydrogen (secondary N) is 2. The summed E-state index contributed by atoms with van der Waals surface area (Å²) in [6.07, 6.45) is 0.544. The number of urea groups is 1. The van der Waals surface area contributed by atoms with Crippen molar-refractivity contribution in [3.05, 3.63) is 30.3 Å². The Bertz CT molecular complexity index is 522. The lowest BCUT2D eigenvalue weighted by molar-refractivity contribution is -0.149. The molecule has 1 aromatic rings. The molecule has 0 spiro atoms. The lowest BCUT2D eigenvalue weighted by Gasteiger charge is -2.35. The first-order chi connectivity index (χ1) is 11.1. The van der Waals surface area contributed by atoms with Gasteiger partial charge in [0.15, 0.2) is 0 Å². The van der Waals surface area contributed by atoms with Gasteiger partial charge < -0.3 is 25.2 Å². The summed E-state index contributed by atoms with van der Waals surface area (Å²) in [6.45, 7) is -0.228. The van der Waals surface area contributed by atoms with Gasteiger partial charge in [0, 0.05) is 5.69 Å². The van der Waals surface area contributed by atoms with Crippen LogP contribution < -0.4 is 10.6 Å². The number of amides is 2. The van der Waals surface area contributed by atoms with Gasteiger partial charge in [-0.25, -0.2) is 4.79 Å². The number of hydrogen-bond donors (Lipinski definition) is 3. The van der Waals surface area contributed by atoms with Crippen molar-refractivity contribution in [1.29, 1.82) is 0 Å². The van der Waals surface area contributed by atoms with Gasteiger partial charge in [-0.1, -0.05) is 18.2 Å². The Morgan fingerprint density at radius 3 is 2.70 bits per heavy atom. The van der Waals surface area contributed by atoms with E-state index >= 15 is 0 Å². The highest BCUT2D eigenvalue weighted by molar-refractivity contribution is 5.89.